The minimum absolute atomic E-state index is 0.0534. The van der Waals surface area contributed by atoms with Gasteiger partial charge in [-0.3, -0.25) is 9.52 Å². The van der Waals surface area contributed by atoms with E-state index in [2.05, 4.69) is 9.71 Å². The highest BCUT2D eigenvalue weighted by atomic mass is 32.2. The lowest BCUT2D eigenvalue weighted by molar-refractivity contribution is -0.118. The average molecular weight is 444 g/mol. The van der Waals surface area contributed by atoms with Gasteiger partial charge < -0.3 is 9.64 Å². The van der Waals surface area contributed by atoms with Gasteiger partial charge in [0.2, 0.25) is 5.91 Å². The van der Waals surface area contributed by atoms with Crippen LogP contribution in [0.15, 0.2) is 58.8 Å². The van der Waals surface area contributed by atoms with Crippen molar-refractivity contribution in [3.05, 3.63) is 65.2 Å². The molecule has 2 heterocycles. The van der Waals surface area contributed by atoms with Crippen molar-refractivity contribution in [3.63, 3.8) is 0 Å². The Bertz CT molecular complexity index is 1170. The summed E-state index contributed by atoms with van der Waals surface area (Å²) in [7, 11) is -2.26. The molecule has 1 aliphatic rings. The third-order valence-electron chi connectivity index (χ3n) is 4.95. The molecule has 9 heteroatoms. The van der Waals surface area contributed by atoms with E-state index in [0.29, 0.717) is 11.4 Å². The molecule has 0 radical (unpaired) electrons. The fraction of sp³-hybridized carbons (Fsp3) is 0.238. The first-order chi connectivity index (χ1) is 14.4. The first-order valence-electron chi connectivity index (χ1n) is 9.38. The topological polar surface area (TPSA) is 88.6 Å². The molecule has 1 amide bonds. The highest BCUT2D eigenvalue weighted by Gasteiger charge is 2.30. The third-order valence-corrected chi connectivity index (χ3v) is 7.24. The van der Waals surface area contributed by atoms with E-state index in [1.807, 2.05) is 31.2 Å². The van der Waals surface area contributed by atoms with Gasteiger partial charge in [-0.15, -0.1) is 11.3 Å². The molecule has 0 aliphatic carbocycles. The second kappa shape index (κ2) is 8.08. The van der Waals surface area contributed by atoms with Gasteiger partial charge in [0.25, 0.3) is 10.0 Å². The Labute approximate surface area is 179 Å². The van der Waals surface area contributed by atoms with E-state index in [-0.39, 0.29) is 28.4 Å². The number of methoxy groups -OCH3 is 1. The van der Waals surface area contributed by atoms with Gasteiger partial charge in [-0.1, -0.05) is 18.2 Å². The van der Waals surface area contributed by atoms with Crippen LogP contribution >= 0.6 is 11.3 Å². The molecule has 0 saturated carbocycles. The summed E-state index contributed by atoms with van der Waals surface area (Å²) in [6.45, 7) is 2.02. The summed E-state index contributed by atoms with van der Waals surface area (Å²) >= 11 is 1.15. The van der Waals surface area contributed by atoms with Crippen LogP contribution in [0.25, 0.3) is 0 Å². The predicted octanol–water partition coefficient (Wildman–Crippen LogP) is 3.47. The number of amides is 1. The van der Waals surface area contributed by atoms with Crippen molar-refractivity contribution in [2.45, 2.75) is 30.7 Å². The minimum Gasteiger partial charge on any atom is -0.497 e. The van der Waals surface area contributed by atoms with Crippen LogP contribution in [-0.4, -0.2) is 32.5 Å². The lowest BCUT2D eigenvalue weighted by Crippen LogP contribution is -2.36. The number of carbonyl (C=O) groups excluding carboxylic acids is 1. The first-order valence-corrected chi connectivity index (χ1v) is 11.7. The SMILES string of the molecule is COc1ccc(S(=O)(=O)Nc2nc(CC(=O)N3c4ccccc4CC3C)cs2)cc1. The van der Waals surface area contributed by atoms with Crippen molar-refractivity contribution >= 4 is 38.1 Å². The number of sulfonamides is 1. The number of hydrogen-bond donors (Lipinski definition) is 1. The Balaban J connectivity index is 1.46. The quantitative estimate of drug-likeness (QED) is 0.630. The van der Waals surface area contributed by atoms with Gasteiger partial charge in [-0.2, -0.15) is 0 Å². The summed E-state index contributed by atoms with van der Waals surface area (Å²) in [5, 5.41) is 1.93. The molecule has 7 nitrogen and oxygen atoms in total. The summed E-state index contributed by atoms with van der Waals surface area (Å²) in [6.07, 6.45) is 0.936. The molecule has 1 aliphatic heterocycles. The number of rotatable bonds is 6. The van der Waals surface area contributed by atoms with Crippen LogP contribution in [0.1, 0.15) is 18.2 Å². The number of fused-ring (bicyclic) bond motifs is 1. The van der Waals surface area contributed by atoms with Crippen LogP contribution in [0, 0.1) is 0 Å². The predicted molar refractivity (Wildman–Crippen MR) is 117 cm³/mol. The number of benzene rings is 2. The summed E-state index contributed by atoms with van der Waals surface area (Å²) in [5.41, 5.74) is 2.63. The molecule has 1 aromatic heterocycles. The van der Waals surface area contributed by atoms with Crippen LogP contribution in [-0.2, 0) is 27.7 Å². The largest absolute Gasteiger partial charge is 0.497 e. The van der Waals surface area contributed by atoms with Gasteiger partial charge in [-0.05, 0) is 49.2 Å². The number of aromatic nitrogens is 1. The highest BCUT2D eigenvalue weighted by molar-refractivity contribution is 7.93. The third kappa shape index (κ3) is 4.03. The van der Waals surface area contributed by atoms with Gasteiger partial charge in [0.05, 0.1) is 24.1 Å². The van der Waals surface area contributed by atoms with Crippen LogP contribution < -0.4 is 14.4 Å². The zero-order valence-electron chi connectivity index (χ0n) is 16.5. The average Bonchev–Trinajstić information content (AvgIpc) is 3.30. The van der Waals surface area contributed by atoms with E-state index >= 15 is 0 Å². The number of ether oxygens (including phenoxy) is 1. The van der Waals surface area contributed by atoms with E-state index in [4.69, 9.17) is 4.74 Å². The summed E-state index contributed by atoms with van der Waals surface area (Å²) < 4.78 is 32.6. The van der Waals surface area contributed by atoms with E-state index < -0.39 is 10.0 Å². The number of para-hydroxylation sites is 1. The Hall–Kier alpha value is -2.91. The second-order valence-electron chi connectivity index (χ2n) is 7.05. The molecule has 0 fully saturated rings. The Morgan fingerprint density at radius 1 is 1.23 bits per heavy atom. The van der Waals surface area contributed by atoms with Crippen LogP contribution in [0.3, 0.4) is 0 Å². The number of nitrogens with zero attached hydrogens (tertiary/aromatic N) is 2. The standard InChI is InChI=1S/C21H21N3O4S2/c1-14-11-15-5-3-4-6-19(15)24(14)20(25)12-16-13-29-21(22-16)23-30(26,27)18-9-7-17(28-2)8-10-18/h3-10,13-14H,11-12H2,1-2H3,(H,22,23). The zero-order chi connectivity index (χ0) is 21.3. The number of nitrogens with one attached hydrogen (secondary N) is 1. The van der Waals surface area contributed by atoms with Gasteiger partial charge in [0, 0.05) is 17.1 Å². The van der Waals surface area contributed by atoms with Crippen molar-refractivity contribution in [2.24, 2.45) is 0 Å². The van der Waals surface area contributed by atoms with Gasteiger partial charge in [0.1, 0.15) is 5.75 Å². The normalized spacial score (nSPS) is 15.7. The lowest BCUT2D eigenvalue weighted by atomic mass is 10.1. The number of thiazole rings is 1. The number of anilines is 2. The summed E-state index contributed by atoms with van der Waals surface area (Å²) in [4.78, 5) is 19.1. The maximum absolute atomic E-state index is 12.9. The molecular weight excluding hydrogens is 422 g/mol. The van der Waals surface area contributed by atoms with Crippen molar-refractivity contribution in [1.29, 1.82) is 0 Å². The summed E-state index contributed by atoms with van der Waals surface area (Å²) in [5.74, 6) is 0.518. The maximum Gasteiger partial charge on any atom is 0.263 e. The first kappa shape index (κ1) is 20.4. The molecule has 2 aromatic carbocycles. The molecular formula is C21H21N3O4S2. The van der Waals surface area contributed by atoms with Crippen molar-refractivity contribution in [1.82, 2.24) is 4.98 Å². The minimum atomic E-state index is -3.77. The van der Waals surface area contributed by atoms with E-state index in [1.165, 1.54) is 19.2 Å². The van der Waals surface area contributed by atoms with Crippen LogP contribution in [0.5, 0.6) is 5.75 Å². The van der Waals surface area contributed by atoms with Crippen molar-refractivity contribution in [3.8, 4) is 5.75 Å². The van der Waals surface area contributed by atoms with E-state index in [0.717, 1.165) is 29.0 Å². The molecule has 0 saturated heterocycles. The Morgan fingerprint density at radius 3 is 2.70 bits per heavy atom. The van der Waals surface area contributed by atoms with Crippen molar-refractivity contribution < 1.29 is 17.9 Å². The lowest BCUT2D eigenvalue weighted by Gasteiger charge is -2.22. The zero-order valence-corrected chi connectivity index (χ0v) is 18.2. The van der Waals surface area contributed by atoms with Gasteiger partial charge >= 0.3 is 0 Å². The Morgan fingerprint density at radius 2 is 1.97 bits per heavy atom. The highest BCUT2D eigenvalue weighted by Crippen LogP contribution is 2.32. The summed E-state index contributed by atoms with van der Waals surface area (Å²) in [6, 6.07) is 14.1. The fourth-order valence-corrected chi connectivity index (χ4v) is 5.51. The molecule has 0 bridgehead atoms. The smallest absolute Gasteiger partial charge is 0.263 e. The monoisotopic (exact) mass is 443 g/mol. The fourth-order valence-electron chi connectivity index (χ4n) is 3.55. The van der Waals surface area contributed by atoms with Crippen LogP contribution in [0.2, 0.25) is 0 Å². The molecule has 1 unspecified atom stereocenters. The maximum atomic E-state index is 12.9. The molecule has 4 rings (SSSR count). The molecule has 3 aromatic rings. The van der Waals surface area contributed by atoms with E-state index in [9.17, 15) is 13.2 Å². The molecule has 1 N–H and O–H groups in total. The molecule has 156 valence electrons. The number of carbonyl (C=O) groups is 1. The molecule has 1 atom stereocenters. The van der Waals surface area contributed by atoms with Gasteiger partial charge in [-0.25, -0.2) is 13.4 Å². The van der Waals surface area contributed by atoms with Gasteiger partial charge in [0.15, 0.2) is 5.13 Å². The van der Waals surface area contributed by atoms with E-state index in [1.54, 1.807) is 22.4 Å². The molecule has 30 heavy (non-hydrogen) atoms. The second-order valence-corrected chi connectivity index (χ2v) is 9.59. The van der Waals surface area contributed by atoms with Crippen LogP contribution in [0.4, 0.5) is 10.8 Å². The molecule has 0 spiro atoms. The Kier molecular flexibility index (Phi) is 5.48. The van der Waals surface area contributed by atoms with Crippen molar-refractivity contribution in [2.75, 3.05) is 16.7 Å². The number of hydrogen-bond acceptors (Lipinski definition) is 6.